The minimum Gasteiger partial charge on any atom is -0.508 e. The van der Waals surface area contributed by atoms with Crippen molar-refractivity contribution < 1.29 is 29.7 Å². The van der Waals surface area contributed by atoms with Crippen LogP contribution in [-0.2, 0) is 16.0 Å². The summed E-state index contributed by atoms with van der Waals surface area (Å²) in [5.74, 6) is -2.20. The number of aliphatic carboxylic acids is 2. The highest BCUT2D eigenvalue weighted by Crippen LogP contribution is 2.21. The molecule has 0 bridgehead atoms. The molecule has 0 spiro atoms. The molecule has 0 aliphatic heterocycles. The molecule has 0 fully saturated rings. The molecule has 0 radical (unpaired) electrons. The van der Waals surface area contributed by atoms with Crippen LogP contribution in [0, 0.1) is 0 Å². The Kier molecular flexibility index (Phi) is 5.71. The Bertz CT molecular complexity index is 520. The van der Waals surface area contributed by atoms with E-state index in [0.29, 0.717) is 11.1 Å². The van der Waals surface area contributed by atoms with E-state index in [0.717, 1.165) is 0 Å². The van der Waals surface area contributed by atoms with Gasteiger partial charge in [-0.2, -0.15) is 0 Å². The van der Waals surface area contributed by atoms with Crippen LogP contribution in [0.25, 0.3) is 0 Å². The Morgan fingerprint density at radius 1 is 0.950 bits per heavy atom. The molecule has 108 valence electrons. The SMILES string of the molecule is O=C(O)CCCC(=O)c1ccc(O)c(CCC(=O)O)c1. The van der Waals surface area contributed by atoms with E-state index in [1.54, 1.807) is 0 Å². The van der Waals surface area contributed by atoms with Crippen LogP contribution < -0.4 is 0 Å². The third-order valence-electron chi connectivity index (χ3n) is 2.80. The highest BCUT2D eigenvalue weighted by Gasteiger charge is 2.11. The molecule has 20 heavy (non-hydrogen) atoms. The highest BCUT2D eigenvalue weighted by molar-refractivity contribution is 5.96. The molecule has 0 aliphatic carbocycles. The van der Waals surface area contributed by atoms with E-state index in [2.05, 4.69) is 0 Å². The van der Waals surface area contributed by atoms with Crippen molar-refractivity contribution in [2.24, 2.45) is 0 Å². The Morgan fingerprint density at radius 2 is 1.60 bits per heavy atom. The van der Waals surface area contributed by atoms with Crippen molar-refractivity contribution in [3.8, 4) is 5.75 Å². The molecule has 6 nitrogen and oxygen atoms in total. The number of aromatic hydroxyl groups is 1. The van der Waals surface area contributed by atoms with Gasteiger partial charge in [0.25, 0.3) is 0 Å². The third-order valence-corrected chi connectivity index (χ3v) is 2.80. The van der Waals surface area contributed by atoms with Crippen molar-refractivity contribution in [1.29, 1.82) is 0 Å². The van der Waals surface area contributed by atoms with Crippen LogP contribution in [0.5, 0.6) is 5.75 Å². The first-order chi connectivity index (χ1) is 9.40. The summed E-state index contributed by atoms with van der Waals surface area (Å²) >= 11 is 0. The Balaban J connectivity index is 2.70. The second-order valence-electron chi connectivity index (χ2n) is 4.41. The smallest absolute Gasteiger partial charge is 0.303 e. The van der Waals surface area contributed by atoms with Gasteiger partial charge in [0, 0.05) is 24.8 Å². The number of hydrogen-bond donors (Lipinski definition) is 3. The van der Waals surface area contributed by atoms with Crippen molar-refractivity contribution >= 4 is 17.7 Å². The summed E-state index contributed by atoms with van der Waals surface area (Å²) in [5, 5.41) is 26.7. The largest absolute Gasteiger partial charge is 0.508 e. The number of carbonyl (C=O) groups is 3. The molecule has 1 aromatic carbocycles. The molecule has 6 heteroatoms. The molecule has 0 aromatic heterocycles. The number of carbonyl (C=O) groups excluding carboxylic acids is 1. The predicted octanol–water partition coefficient (Wildman–Crippen LogP) is 1.85. The summed E-state index contributed by atoms with van der Waals surface area (Å²) in [6.45, 7) is 0. The number of ketones is 1. The van der Waals surface area contributed by atoms with Crippen LogP contribution in [0.1, 0.15) is 41.6 Å². The van der Waals surface area contributed by atoms with Crippen LogP contribution in [0.2, 0.25) is 0 Å². The number of phenols is 1. The van der Waals surface area contributed by atoms with E-state index in [1.807, 2.05) is 0 Å². The summed E-state index contributed by atoms with van der Waals surface area (Å²) in [7, 11) is 0. The average molecular weight is 280 g/mol. The average Bonchev–Trinajstić information content (AvgIpc) is 2.37. The molecular formula is C14H16O6. The van der Waals surface area contributed by atoms with Gasteiger partial charge in [-0.3, -0.25) is 14.4 Å². The fraction of sp³-hybridized carbons (Fsp3) is 0.357. The van der Waals surface area contributed by atoms with E-state index in [4.69, 9.17) is 10.2 Å². The van der Waals surface area contributed by atoms with Crippen molar-refractivity contribution in [3.63, 3.8) is 0 Å². The van der Waals surface area contributed by atoms with Crippen molar-refractivity contribution in [2.45, 2.75) is 32.1 Å². The molecule has 0 atom stereocenters. The van der Waals surface area contributed by atoms with Gasteiger partial charge >= 0.3 is 11.9 Å². The first-order valence-corrected chi connectivity index (χ1v) is 6.19. The summed E-state index contributed by atoms with van der Waals surface area (Å²) in [6.07, 6.45) is 0.284. The summed E-state index contributed by atoms with van der Waals surface area (Å²) in [6, 6.07) is 4.26. The fourth-order valence-corrected chi connectivity index (χ4v) is 1.75. The van der Waals surface area contributed by atoms with E-state index >= 15 is 0 Å². The van der Waals surface area contributed by atoms with Gasteiger partial charge in [-0.15, -0.1) is 0 Å². The zero-order valence-corrected chi connectivity index (χ0v) is 10.8. The molecule has 1 aromatic rings. The molecule has 0 unspecified atom stereocenters. The van der Waals surface area contributed by atoms with Gasteiger partial charge in [-0.05, 0) is 36.6 Å². The third kappa shape index (κ3) is 5.09. The minimum atomic E-state index is -0.984. The molecule has 3 N–H and O–H groups in total. The van der Waals surface area contributed by atoms with E-state index in [9.17, 15) is 19.5 Å². The quantitative estimate of drug-likeness (QED) is 0.626. The van der Waals surface area contributed by atoms with Crippen LogP contribution in [-0.4, -0.2) is 33.0 Å². The number of aryl methyl sites for hydroxylation is 1. The number of rotatable bonds is 8. The lowest BCUT2D eigenvalue weighted by atomic mass is 10.00. The summed E-state index contributed by atoms with van der Waals surface area (Å²) < 4.78 is 0. The van der Waals surface area contributed by atoms with Crippen LogP contribution in [0.3, 0.4) is 0 Å². The molecule has 0 heterocycles. The number of benzene rings is 1. The van der Waals surface area contributed by atoms with E-state index in [-0.39, 0.29) is 43.6 Å². The van der Waals surface area contributed by atoms with Gasteiger partial charge in [-0.1, -0.05) is 0 Å². The molecule has 0 saturated carbocycles. The lowest BCUT2D eigenvalue weighted by Crippen LogP contribution is -2.03. The number of Topliss-reactive ketones (excluding diaryl/α,β-unsaturated/α-hetero) is 1. The maximum Gasteiger partial charge on any atom is 0.303 e. The maximum atomic E-state index is 11.8. The Hall–Kier alpha value is -2.37. The zero-order chi connectivity index (χ0) is 15.1. The van der Waals surface area contributed by atoms with Crippen LogP contribution in [0.4, 0.5) is 0 Å². The highest BCUT2D eigenvalue weighted by atomic mass is 16.4. The Morgan fingerprint density at radius 3 is 2.20 bits per heavy atom. The van der Waals surface area contributed by atoms with Crippen molar-refractivity contribution in [2.75, 3.05) is 0 Å². The zero-order valence-electron chi connectivity index (χ0n) is 10.8. The van der Waals surface area contributed by atoms with Crippen LogP contribution >= 0.6 is 0 Å². The minimum absolute atomic E-state index is 0.0478. The second kappa shape index (κ2) is 7.28. The maximum absolute atomic E-state index is 11.8. The molecular weight excluding hydrogens is 264 g/mol. The van der Waals surface area contributed by atoms with Gasteiger partial charge < -0.3 is 15.3 Å². The number of phenolic OH excluding ortho intramolecular Hbond substituents is 1. The lowest BCUT2D eigenvalue weighted by molar-refractivity contribution is -0.138. The van der Waals surface area contributed by atoms with Gasteiger partial charge in [0.2, 0.25) is 0 Å². The van der Waals surface area contributed by atoms with Gasteiger partial charge in [-0.25, -0.2) is 0 Å². The van der Waals surface area contributed by atoms with Crippen LogP contribution in [0.15, 0.2) is 18.2 Å². The van der Waals surface area contributed by atoms with Gasteiger partial charge in [0.15, 0.2) is 5.78 Å². The molecule has 0 amide bonds. The molecule has 0 aliphatic rings. The first kappa shape index (κ1) is 15.7. The summed E-state index contributed by atoms with van der Waals surface area (Å²) in [5.41, 5.74) is 0.755. The summed E-state index contributed by atoms with van der Waals surface area (Å²) in [4.78, 5) is 32.7. The topological polar surface area (TPSA) is 112 Å². The molecule has 0 saturated heterocycles. The normalized spacial score (nSPS) is 10.2. The first-order valence-electron chi connectivity index (χ1n) is 6.19. The fourth-order valence-electron chi connectivity index (χ4n) is 1.75. The van der Waals surface area contributed by atoms with Gasteiger partial charge in [0.05, 0.1) is 0 Å². The van der Waals surface area contributed by atoms with Crippen molar-refractivity contribution in [1.82, 2.24) is 0 Å². The van der Waals surface area contributed by atoms with E-state index < -0.39 is 11.9 Å². The monoisotopic (exact) mass is 280 g/mol. The number of carboxylic acids is 2. The Labute approximate surface area is 115 Å². The van der Waals surface area contributed by atoms with Crippen molar-refractivity contribution in [3.05, 3.63) is 29.3 Å². The predicted molar refractivity (Wildman–Crippen MR) is 69.9 cm³/mol. The molecule has 1 rings (SSSR count). The number of carboxylic acid groups (broad SMARTS) is 2. The van der Waals surface area contributed by atoms with E-state index in [1.165, 1.54) is 18.2 Å². The standard InChI is InChI=1S/C14H16O6/c15-11(2-1-3-13(17)18)9-4-6-12(16)10(8-9)5-7-14(19)20/h4,6,8,16H,1-3,5,7H2,(H,17,18)(H,19,20). The lowest BCUT2D eigenvalue weighted by Gasteiger charge is -2.06. The number of hydrogen-bond acceptors (Lipinski definition) is 4. The van der Waals surface area contributed by atoms with Gasteiger partial charge in [0.1, 0.15) is 5.75 Å². The second-order valence-corrected chi connectivity index (χ2v) is 4.41.